The zero-order chi connectivity index (χ0) is 26.5. The minimum atomic E-state index is -3.58. The van der Waals surface area contributed by atoms with Crippen LogP contribution in [-0.4, -0.2) is 65.8 Å². The number of rotatable bonds is 5. The summed E-state index contributed by atoms with van der Waals surface area (Å²) in [5, 5.41) is 5.15. The first-order valence-corrected chi connectivity index (χ1v) is 14.7. The van der Waals surface area contributed by atoms with Crippen LogP contribution in [0.5, 0.6) is 0 Å². The van der Waals surface area contributed by atoms with Gasteiger partial charge in [0.15, 0.2) is 5.65 Å². The monoisotopic (exact) mass is 545 g/mol. The second-order valence-corrected chi connectivity index (χ2v) is 12.4. The Kier molecular flexibility index (Phi) is 6.80. The molecule has 0 bridgehead atoms. The van der Waals surface area contributed by atoms with Gasteiger partial charge in [0.25, 0.3) is 5.91 Å². The van der Waals surface area contributed by atoms with Gasteiger partial charge in [0.05, 0.1) is 29.2 Å². The number of nitrogens with two attached hydrogens (primary N) is 1. The number of nitrogens with zero attached hydrogens (tertiary/aromatic N) is 5. The molecule has 3 atom stereocenters. The molecule has 0 radical (unpaired) electrons. The predicted molar refractivity (Wildman–Crippen MR) is 145 cm³/mol. The molecule has 3 aromatic rings. The van der Waals surface area contributed by atoms with E-state index in [0.717, 1.165) is 55.7 Å². The van der Waals surface area contributed by atoms with Gasteiger partial charge in [-0.2, -0.15) is 5.10 Å². The van der Waals surface area contributed by atoms with Crippen LogP contribution in [0.15, 0.2) is 30.5 Å². The van der Waals surface area contributed by atoms with Crippen molar-refractivity contribution in [2.45, 2.75) is 45.2 Å². The van der Waals surface area contributed by atoms with Gasteiger partial charge in [-0.1, -0.05) is 18.5 Å². The number of amides is 1. The third-order valence-corrected chi connectivity index (χ3v) is 8.03. The van der Waals surface area contributed by atoms with Crippen molar-refractivity contribution in [3.05, 3.63) is 52.3 Å². The summed E-state index contributed by atoms with van der Waals surface area (Å²) in [6.07, 6.45) is 5.56. The number of halogens is 1. The van der Waals surface area contributed by atoms with Crippen LogP contribution < -0.4 is 15.4 Å². The smallest absolute Gasteiger partial charge is 0.256 e. The van der Waals surface area contributed by atoms with Gasteiger partial charge in [-0.25, -0.2) is 17.9 Å². The van der Waals surface area contributed by atoms with Crippen molar-refractivity contribution < 1.29 is 13.2 Å². The van der Waals surface area contributed by atoms with Crippen LogP contribution in [0.1, 0.15) is 53.8 Å². The van der Waals surface area contributed by atoms with Gasteiger partial charge in [-0.3, -0.25) is 9.52 Å². The maximum Gasteiger partial charge on any atom is 0.256 e. The maximum absolute atomic E-state index is 13.8. The second-order valence-electron chi connectivity index (χ2n) is 10.2. The van der Waals surface area contributed by atoms with Crippen LogP contribution in [0.4, 0.5) is 11.5 Å². The van der Waals surface area contributed by atoms with Crippen molar-refractivity contribution >= 4 is 44.7 Å². The van der Waals surface area contributed by atoms with Gasteiger partial charge >= 0.3 is 0 Å². The molecule has 2 aliphatic heterocycles. The fraction of sp³-hybridized carbons (Fsp3) is 0.480. The number of fused-ring (bicyclic) bond motifs is 1. The molecule has 5 rings (SSSR count). The topological polar surface area (TPSA) is 126 Å². The average Bonchev–Trinajstić information content (AvgIpc) is 3.40. The molecule has 0 saturated carbocycles. The highest BCUT2D eigenvalue weighted by atomic mass is 35.5. The molecule has 2 saturated heterocycles. The highest BCUT2D eigenvalue weighted by Crippen LogP contribution is 2.34. The fourth-order valence-electron chi connectivity index (χ4n) is 5.29. The molecule has 1 amide bonds. The number of nitrogens with one attached hydrogen (secondary N) is 1. The van der Waals surface area contributed by atoms with E-state index in [1.54, 1.807) is 15.5 Å². The first kappa shape index (κ1) is 25.7. The highest BCUT2D eigenvalue weighted by molar-refractivity contribution is 7.92. The van der Waals surface area contributed by atoms with Gasteiger partial charge in [-0.05, 0) is 50.3 Å². The van der Waals surface area contributed by atoms with Crippen molar-refractivity contribution in [1.82, 2.24) is 19.5 Å². The number of hydrogen-bond donors (Lipinski definition) is 2. The molecule has 3 N–H and O–H groups in total. The van der Waals surface area contributed by atoms with Crippen molar-refractivity contribution in [2.75, 3.05) is 35.5 Å². The average molecular weight is 546 g/mol. The molecule has 0 unspecified atom stereocenters. The first-order chi connectivity index (χ1) is 17.5. The standard InChI is InChI=1S/C25H32ClN7O3S/c1-15-12-31(14-19(15)27)24-16(2)13-33-23(28-24)11-21(29-33)22-6-4-5-9-32(22)25(34)18-10-17(26)7-8-20(18)30-37(3,35)36/h7-8,10-11,13,15,19,22,30H,4-6,9,12,14,27H2,1-3H3/t15-,19-,22-/m0/s1. The Morgan fingerprint density at radius 3 is 2.70 bits per heavy atom. The third-order valence-electron chi connectivity index (χ3n) is 7.21. The Hall–Kier alpha value is -2.89. The maximum atomic E-state index is 13.8. The molecular weight excluding hydrogens is 514 g/mol. The zero-order valence-electron chi connectivity index (χ0n) is 21.2. The molecule has 198 valence electrons. The lowest BCUT2D eigenvalue weighted by Crippen LogP contribution is -2.39. The zero-order valence-corrected chi connectivity index (χ0v) is 22.8. The van der Waals surface area contributed by atoms with Crippen molar-refractivity contribution in [3.63, 3.8) is 0 Å². The Morgan fingerprint density at radius 1 is 1.22 bits per heavy atom. The molecule has 0 spiro atoms. The van der Waals surface area contributed by atoms with Crippen LogP contribution in [-0.2, 0) is 10.0 Å². The van der Waals surface area contributed by atoms with Crippen molar-refractivity contribution in [2.24, 2.45) is 11.7 Å². The van der Waals surface area contributed by atoms with Gasteiger partial charge in [0, 0.05) is 48.5 Å². The Labute approximate surface area is 221 Å². The number of benzene rings is 1. The van der Waals surface area contributed by atoms with E-state index in [4.69, 9.17) is 27.4 Å². The van der Waals surface area contributed by atoms with Gasteiger partial charge < -0.3 is 15.5 Å². The molecule has 12 heteroatoms. The van der Waals surface area contributed by atoms with Crippen LogP contribution >= 0.6 is 11.6 Å². The number of sulfonamides is 1. The van der Waals surface area contributed by atoms with E-state index < -0.39 is 10.0 Å². The van der Waals surface area contributed by atoms with E-state index in [9.17, 15) is 13.2 Å². The summed E-state index contributed by atoms with van der Waals surface area (Å²) in [6.45, 7) is 6.33. The van der Waals surface area contributed by atoms with Crippen LogP contribution in [0.3, 0.4) is 0 Å². The Morgan fingerprint density at radius 2 is 2.00 bits per heavy atom. The lowest BCUT2D eigenvalue weighted by Gasteiger charge is -2.35. The summed E-state index contributed by atoms with van der Waals surface area (Å²) in [4.78, 5) is 22.7. The first-order valence-electron chi connectivity index (χ1n) is 12.5. The summed E-state index contributed by atoms with van der Waals surface area (Å²) in [5.41, 5.74) is 9.14. The number of piperidine rings is 1. The van der Waals surface area contributed by atoms with Crippen molar-refractivity contribution in [1.29, 1.82) is 0 Å². The third kappa shape index (κ3) is 5.25. The second kappa shape index (κ2) is 9.77. The SMILES string of the molecule is Cc1cn2nc([C@@H]3CCCCN3C(=O)c3cc(Cl)ccc3NS(C)(=O)=O)cc2nc1N1C[C@H](C)[C@@H](N)C1. The Balaban J connectivity index is 1.48. The normalized spacial score (nSPS) is 22.6. The number of carbonyl (C=O) groups is 1. The lowest BCUT2D eigenvalue weighted by molar-refractivity contribution is 0.0607. The van der Waals surface area contributed by atoms with Crippen LogP contribution in [0.2, 0.25) is 5.02 Å². The molecule has 2 aliphatic rings. The molecule has 1 aromatic carbocycles. The van der Waals surface area contributed by atoms with Crippen LogP contribution in [0, 0.1) is 12.8 Å². The minimum absolute atomic E-state index is 0.119. The predicted octanol–water partition coefficient (Wildman–Crippen LogP) is 3.21. The number of hydrogen-bond acceptors (Lipinski definition) is 7. The number of carbonyl (C=O) groups excluding carboxylic acids is 1. The molecule has 4 heterocycles. The number of anilines is 2. The quantitative estimate of drug-likeness (QED) is 0.504. The van der Waals surface area contributed by atoms with E-state index in [1.165, 1.54) is 12.1 Å². The molecule has 2 fully saturated rings. The van der Waals surface area contributed by atoms with Gasteiger partial charge in [0.2, 0.25) is 10.0 Å². The number of likely N-dealkylation sites (tertiary alicyclic amines) is 1. The number of aryl methyl sites for hydroxylation is 1. The van der Waals surface area contributed by atoms with E-state index in [-0.39, 0.29) is 29.2 Å². The summed E-state index contributed by atoms with van der Waals surface area (Å²) in [7, 11) is -3.58. The van der Waals surface area contributed by atoms with Crippen LogP contribution in [0.25, 0.3) is 5.65 Å². The molecule has 10 nitrogen and oxygen atoms in total. The fourth-order valence-corrected chi connectivity index (χ4v) is 6.04. The summed E-state index contributed by atoms with van der Waals surface area (Å²) >= 11 is 6.20. The molecule has 0 aliphatic carbocycles. The summed E-state index contributed by atoms with van der Waals surface area (Å²) < 4.78 is 28.0. The van der Waals surface area contributed by atoms with Crippen molar-refractivity contribution in [3.8, 4) is 0 Å². The Bertz CT molecular complexity index is 1450. The van der Waals surface area contributed by atoms with Gasteiger partial charge in [-0.15, -0.1) is 0 Å². The highest BCUT2D eigenvalue weighted by Gasteiger charge is 2.33. The summed E-state index contributed by atoms with van der Waals surface area (Å²) in [6, 6.07) is 6.37. The number of aromatic nitrogens is 3. The lowest BCUT2D eigenvalue weighted by atomic mass is 9.98. The van der Waals surface area contributed by atoms with E-state index >= 15 is 0 Å². The molecular formula is C25H32ClN7O3S. The molecule has 2 aromatic heterocycles. The van der Waals surface area contributed by atoms with E-state index in [1.807, 2.05) is 19.2 Å². The molecule has 37 heavy (non-hydrogen) atoms. The summed E-state index contributed by atoms with van der Waals surface area (Å²) in [5.74, 6) is 1.01. The van der Waals surface area contributed by atoms with E-state index in [0.29, 0.717) is 23.1 Å². The largest absolute Gasteiger partial charge is 0.354 e. The van der Waals surface area contributed by atoms with E-state index in [2.05, 4.69) is 16.5 Å². The minimum Gasteiger partial charge on any atom is -0.354 e. The van der Waals surface area contributed by atoms with Gasteiger partial charge in [0.1, 0.15) is 5.82 Å².